The van der Waals surface area contributed by atoms with Crippen molar-refractivity contribution in [3.05, 3.63) is 35.9 Å². The molecule has 1 aromatic carbocycles. The zero-order valence-electron chi connectivity index (χ0n) is 34.7. The molecule has 7 atom stereocenters. The normalized spacial score (nSPS) is 14.2. The van der Waals surface area contributed by atoms with Crippen LogP contribution in [0.5, 0.6) is 0 Å². The summed E-state index contributed by atoms with van der Waals surface area (Å²) in [6.45, 7) is -0.0819. The van der Waals surface area contributed by atoms with E-state index in [2.05, 4.69) is 47.9 Å². The Morgan fingerprint density at radius 3 is 1.63 bits per heavy atom. The third kappa shape index (κ3) is 20.1. The van der Waals surface area contributed by atoms with E-state index >= 15 is 0 Å². The summed E-state index contributed by atoms with van der Waals surface area (Å²) in [5.41, 5.74) is 5.73. The second kappa shape index (κ2) is 28.6. The lowest BCUT2D eigenvalue weighted by Crippen LogP contribution is -2.62. The van der Waals surface area contributed by atoms with Gasteiger partial charge in [-0.2, -0.15) is 11.8 Å². The summed E-state index contributed by atoms with van der Waals surface area (Å²) in [7, 11) is 0. The number of nitrogens with two attached hydrogens (primary N) is 1. The van der Waals surface area contributed by atoms with E-state index in [1.807, 2.05) is 0 Å². The number of thioether (sulfide) groups is 1. The van der Waals surface area contributed by atoms with Crippen LogP contribution in [-0.4, -0.2) is 173 Å². The SMILES string of the molecule is CSCC[C@H](NC(=O)CNC(=O)[C@@H](NC(=O)[C@H](CO)NC(=O)[C@H](CO)NC(=O)[C@H](Cc1ccccc1)NC(=O)[C@@H](NC(=O)CNC(=O)CN)[C@@H](C)O)C(C)C)C(=O)NCC(=O)O. The maximum Gasteiger partial charge on any atom is 0.322 e. The summed E-state index contributed by atoms with van der Waals surface area (Å²) in [4.78, 5) is 126. The highest BCUT2D eigenvalue weighted by molar-refractivity contribution is 7.98. The number of carboxylic acids is 1. The first-order chi connectivity index (χ1) is 29.3. The number of hydrogen-bond acceptors (Lipinski definition) is 15. The van der Waals surface area contributed by atoms with E-state index in [9.17, 15) is 63.3 Å². The molecular formula is C37H58N10O14S. The third-order valence-corrected chi connectivity index (χ3v) is 9.25. The fourth-order valence-corrected chi connectivity index (χ4v) is 5.71. The Bertz CT molecular complexity index is 1700. The number of carbonyl (C=O) groups is 10. The number of aliphatic hydroxyl groups is 3. The second-order valence-corrected chi connectivity index (χ2v) is 15.0. The van der Waals surface area contributed by atoms with Crippen LogP contribution in [0.25, 0.3) is 0 Å². The highest BCUT2D eigenvalue weighted by Crippen LogP contribution is 2.07. The molecule has 0 aliphatic heterocycles. The molecule has 0 bridgehead atoms. The van der Waals surface area contributed by atoms with Crippen molar-refractivity contribution in [2.24, 2.45) is 11.7 Å². The Morgan fingerprint density at radius 1 is 0.597 bits per heavy atom. The van der Waals surface area contributed by atoms with Crippen LogP contribution in [0.15, 0.2) is 30.3 Å². The van der Waals surface area contributed by atoms with E-state index in [1.54, 1.807) is 50.4 Å². The predicted molar refractivity (Wildman–Crippen MR) is 221 cm³/mol. The number of carboxylic acid groups (broad SMARTS) is 1. The molecule has 0 fully saturated rings. The van der Waals surface area contributed by atoms with Gasteiger partial charge >= 0.3 is 5.97 Å². The molecule has 0 saturated heterocycles. The molecule has 15 N–H and O–H groups in total. The van der Waals surface area contributed by atoms with Gasteiger partial charge in [0.2, 0.25) is 53.2 Å². The number of carbonyl (C=O) groups excluding carboxylic acids is 9. The lowest BCUT2D eigenvalue weighted by Gasteiger charge is -2.27. The molecular weight excluding hydrogens is 841 g/mol. The largest absolute Gasteiger partial charge is 0.480 e. The van der Waals surface area contributed by atoms with Gasteiger partial charge in [0.1, 0.15) is 42.8 Å². The van der Waals surface area contributed by atoms with Crippen molar-refractivity contribution in [3.8, 4) is 0 Å². The molecule has 9 amide bonds. The number of aliphatic hydroxyl groups excluding tert-OH is 3. The van der Waals surface area contributed by atoms with Crippen LogP contribution < -0.4 is 53.6 Å². The Balaban J connectivity index is 3.06. The highest BCUT2D eigenvalue weighted by Gasteiger charge is 2.34. The molecule has 1 rings (SSSR count). The molecule has 0 heterocycles. The van der Waals surface area contributed by atoms with Gasteiger partial charge in [-0.3, -0.25) is 47.9 Å². The molecule has 0 aliphatic carbocycles. The minimum atomic E-state index is -1.77. The third-order valence-electron chi connectivity index (χ3n) is 8.61. The van der Waals surface area contributed by atoms with E-state index in [-0.39, 0.29) is 12.8 Å². The van der Waals surface area contributed by atoms with Gasteiger partial charge in [-0.15, -0.1) is 0 Å². The average molecular weight is 899 g/mol. The van der Waals surface area contributed by atoms with Gasteiger partial charge in [-0.25, -0.2) is 0 Å². The van der Waals surface area contributed by atoms with Crippen molar-refractivity contribution < 1.29 is 68.4 Å². The summed E-state index contributed by atoms with van der Waals surface area (Å²) >= 11 is 1.38. The number of nitrogens with one attached hydrogen (secondary N) is 9. The molecule has 0 aromatic heterocycles. The maximum atomic E-state index is 13.6. The summed E-state index contributed by atoms with van der Waals surface area (Å²) in [6.07, 6.45) is 0.233. The number of rotatable bonds is 28. The van der Waals surface area contributed by atoms with Gasteiger partial charge in [0.15, 0.2) is 0 Å². The van der Waals surface area contributed by atoms with E-state index in [0.29, 0.717) is 11.3 Å². The average Bonchev–Trinajstić information content (AvgIpc) is 3.23. The lowest BCUT2D eigenvalue weighted by molar-refractivity contribution is -0.138. The summed E-state index contributed by atoms with van der Waals surface area (Å²) in [6, 6.07) is -0.820. The highest BCUT2D eigenvalue weighted by atomic mass is 32.2. The first-order valence-electron chi connectivity index (χ1n) is 19.2. The standard InChI is InChI=1S/C37H58N10O14S/c1-19(2)30(36(60)40-15-27(52)42-22(10-11-62-4)32(56)41-16-29(54)55)47-35(59)25(18-49)45-34(58)24(17-48)44-33(57)23(12-21-8-6-5-7-9-21)43-37(61)31(20(3)50)46-28(53)14-39-26(51)13-38/h5-9,19-20,22-25,30-31,48-50H,10-18,38H2,1-4H3,(H,39,51)(H,40,60)(H,41,56)(H,42,52)(H,43,61)(H,44,57)(H,45,58)(H,46,53)(H,47,59)(H,54,55)/t20-,22+,23+,24+,25+,30+,31+/m1/s1. The molecule has 62 heavy (non-hydrogen) atoms. The lowest BCUT2D eigenvalue weighted by atomic mass is 10.0. The molecule has 0 unspecified atom stereocenters. The molecule has 1 aromatic rings. The predicted octanol–water partition coefficient (Wildman–Crippen LogP) is -6.70. The zero-order chi connectivity index (χ0) is 46.9. The number of amides is 9. The summed E-state index contributed by atoms with van der Waals surface area (Å²) in [5, 5.41) is 59.8. The minimum Gasteiger partial charge on any atom is -0.480 e. The van der Waals surface area contributed by atoms with Crippen LogP contribution in [0.2, 0.25) is 0 Å². The molecule has 25 heteroatoms. The number of hydrogen-bond donors (Lipinski definition) is 14. The molecule has 0 aliphatic rings. The van der Waals surface area contributed by atoms with Crippen LogP contribution in [0.4, 0.5) is 0 Å². The van der Waals surface area contributed by atoms with Gasteiger partial charge in [-0.1, -0.05) is 44.2 Å². The van der Waals surface area contributed by atoms with Gasteiger partial charge in [0, 0.05) is 6.42 Å². The Labute approximate surface area is 361 Å². The number of benzene rings is 1. The molecule has 0 saturated carbocycles. The van der Waals surface area contributed by atoms with Crippen molar-refractivity contribution in [1.82, 2.24) is 47.9 Å². The van der Waals surface area contributed by atoms with E-state index in [1.165, 1.54) is 18.7 Å². The van der Waals surface area contributed by atoms with E-state index in [4.69, 9.17) is 10.8 Å². The van der Waals surface area contributed by atoms with Crippen LogP contribution in [0.1, 0.15) is 32.8 Å². The molecule has 346 valence electrons. The Hall–Kier alpha value is -5.89. The molecule has 0 radical (unpaired) electrons. The van der Waals surface area contributed by atoms with Crippen LogP contribution in [0, 0.1) is 5.92 Å². The van der Waals surface area contributed by atoms with Crippen molar-refractivity contribution in [2.45, 2.75) is 76.0 Å². The van der Waals surface area contributed by atoms with Crippen LogP contribution in [-0.2, 0) is 54.4 Å². The van der Waals surface area contributed by atoms with Gasteiger partial charge in [0.25, 0.3) is 0 Å². The first-order valence-corrected chi connectivity index (χ1v) is 20.6. The molecule has 24 nitrogen and oxygen atoms in total. The van der Waals surface area contributed by atoms with Crippen molar-refractivity contribution >= 4 is 70.9 Å². The fraction of sp³-hybridized carbons (Fsp3) is 0.568. The van der Waals surface area contributed by atoms with Gasteiger partial charge in [0.05, 0.1) is 39.0 Å². The second-order valence-electron chi connectivity index (χ2n) is 14.0. The van der Waals surface area contributed by atoms with E-state index < -0.39 is 147 Å². The van der Waals surface area contributed by atoms with Crippen molar-refractivity contribution in [2.75, 3.05) is 51.4 Å². The number of aliphatic carboxylic acids is 1. The van der Waals surface area contributed by atoms with Crippen LogP contribution in [0.3, 0.4) is 0 Å². The summed E-state index contributed by atoms with van der Waals surface area (Å²) < 4.78 is 0. The monoisotopic (exact) mass is 898 g/mol. The van der Waals surface area contributed by atoms with E-state index in [0.717, 1.165) is 0 Å². The fourth-order valence-electron chi connectivity index (χ4n) is 5.24. The smallest absolute Gasteiger partial charge is 0.322 e. The quantitative estimate of drug-likeness (QED) is 0.0372. The molecule has 0 spiro atoms. The maximum absolute atomic E-state index is 13.6. The van der Waals surface area contributed by atoms with Crippen LogP contribution >= 0.6 is 11.8 Å². The minimum absolute atomic E-state index is 0.155. The first kappa shape index (κ1) is 54.1. The zero-order valence-corrected chi connectivity index (χ0v) is 35.5. The van der Waals surface area contributed by atoms with Gasteiger partial charge in [-0.05, 0) is 36.8 Å². The van der Waals surface area contributed by atoms with Crippen molar-refractivity contribution in [1.29, 1.82) is 0 Å². The summed E-state index contributed by atoms with van der Waals surface area (Å²) in [5.74, 6) is -9.69. The van der Waals surface area contributed by atoms with Crippen molar-refractivity contribution in [3.63, 3.8) is 0 Å². The Morgan fingerprint density at radius 2 is 1.11 bits per heavy atom. The van der Waals surface area contributed by atoms with Gasteiger partial charge < -0.3 is 74.0 Å². The Kier molecular flexibility index (Phi) is 25.0. The topological polar surface area (TPSA) is 386 Å².